The highest BCUT2D eigenvalue weighted by atomic mass is 35.5. The molecule has 3 heterocycles. The normalized spacial score (nSPS) is 18.7. The van der Waals surface area contributed by atoms with Gasteiger partial charge in [-0.3, -0.25) is 9.89 Å². The summed E-state index contributed by atoms with van der Waals surface area (Å²) in [5, 5.41) is 7.43. The van der Waals surface area contributed by atoms with Crippen molar-refractivity contribution in [2.24, 2.45) is 7.05 Å². The Morgan fingerprint density at radius 2 is 2.40 bits per heavy atom. The molecule has 7 heteroatoms. The van der Waals surface area contributed by atoms with Gasteiger partial charge in [0.2, 0.25) is 0 Å². The molecule has 1 aliphatic rings. The van der Waals surface area contributed by atoms with Crippen LogP contribution in [0.3, 0.4) is 0 Å². The lowest BCUT2D eigenvalue weighted by molar-refractivity contribution is 0.0781. The Labute approximate surface area is 121 Å². The molecule has 1 amide bonds. The molecule has 0 bridgehead atoms. The zero-order chi connectivity index (χ0) is 14.3. The van der Waals surface area contributed by atoms with Crippen molar-refractivity contribution in [3.8, 4) is 0 Å². The summed E-state index contributed by atoms with van der Waals surface area (Å²) in [6.07, 6.45) is 4.22. The van der Waals surface area contributed by atoms with Crippen LogP contribution >= 0.6 is 11.6 Å². The molecule has 0 saturated carbocycles. The summed E-state index contributed by atoms with van der Waals surface area (Å²) in [6, 6.07) is 1.70. The number of nitrogens with one attached hydrogen (secondary N) is 1. The van der Waals surface area contributed by atoms with E-state index in [1.165, 1.54) is 0 Å². The van der Waals surface area contributed by atoms with E-state index < -0.39 is 0 Å². The second-order valence-electron chi connectivity index (χ2n) is 5.13. The zero-order valence-electron chi connectivity index (χ0n) is 11.1. The fraction of sp³-hybridized carbons (Fsp3) is 0.385. The lowest BCUT2D eigenvalue weighted by Crippen LogP contribution is -2.30. The van der Waals surface area contributed by atoms with Crippen LogP contribution in [-0.2, 0) is 7.05 Å². The minimum atomic E-state index is -0.0000123. The number of hydrogen-bond donors (Lipinski definition) is 2. The average Bonchev–Trinajstić information content (AvgIpc) is 3.08. The number of anilines is 1. The van der Waals surface area contributed by atoms with Crippen LogP contribution in [0.15, 0.2) is 18.5 Å². The second-order valence-corrected chi connectivity index (χ2v) is 5.57. The average molecular weight is 294 g/mol. The molecule has 0 aromatic carbocycles. The van der Waals surface area contributed by atoms with Crippen LogP contribution in [0, 0.1) is 0 Å². The Hall–Kier alpha value is -1.95. The summed E-state index contributed by atoms with van der Waals surface area (Å²) in [5.74, 6) is 0.220. The highest BCUT2D eigenvalue weighted by molar-refractivity contribution is 6.31. The van der Waals surface area contributed by atoms with Crippen molar-refractivity contribution < 1.29 is 4.79 Å². The van der Waals surface area contributed by atoms with E-state index in [1.54, 1.807) is 23.0 Å². The number of hydrogen-bond acceptors (Lipinski definition) is 3. The topological polar surface area (TPSA) is 79.9 Å². The van der Waals surface area contributed by atoms with Gasteiger partial charge in [-0.05, 0) is 12.5 Å². The van der Waals surface area contributed by atoms with Crippen molar-refractivity contribution in [2.45, 2.75) is 12.3 Å². The van der Waals surface area contributed by atoms with Gasteiger partial charge in [0.05, 0.1) is 22.6 Å². The maximum Gasteiger partial charge on any atom is 0.270 e. The highest BCUT2D eigenvalue weighted by Gasteiger charge is 2.30. The van der Waals surface area contributed by atoms with E-state index in [0.717, 1.165) is 12.1 Å². The summed E-state index contributed by atoms with van der Waals surface area (Å²) in [6.45, 7) is 1.36. The van der Waals surface area contributed by atoms with Gasteiger partial charge in [-0.1, -0.05) is 11.6 Å². The minimum absolute atomic E-state index is 0.0000123. The highest BCUT2D eigenvalue weighted by Crippen LogP contribution is 2.30. The molecule has 1 fully saturated rings. The molecule has 1 atom stereocenters. The van der Waals surface area contributed by atoms with Gasteiger partial charge in [-0.25, -0.2) is 0 Å². The van der Waals surface area contributed by atoms with Crippen LogP contribution in [0.2, 0.25) is 5.02 Å². The first-order valence-electron chi connectivity index (χ1n) is 6.46. The molecule has 0 spiro atoms. The smallest absolute Gasteiger partial charge is 0.270 e. The SMILES string of the molecule is Cn1cc(Cl)cc1C(=O)N1CCC(c2[nH]ncc2N)C1. The molecule has 0 radical (unpaired) electrons. The Kier molecular flexibility index (Phi) is 3.17. The van der Waals surface area contributed by atoms with Gasteiger partial charge in [0.15, 0.2) is 0 Å². The first kappa shape index (κ1) is 13.1. The van der Waals surface area contributed by atoms with Crippen molar-refractivity contribution in [1.82, 2.24) is 19.7 Å². The number of nitrogens with two attached hydrogens (primary N) is 1. The molecule has 1 saturated heterocycles. The molecule has 1 unspecified atom stereocenters. The van der Waals surface area contributed by atoms with E-state index in [2.05, 4.69) is 10.2 Å². The first-order valence-corrected chi connectivity index (χ1v) is 6.84. The molecule has 3 N–H and O–H groups in total. The van der Waals surface area contributed by atoms with Crippen LogP contribution < -0.4 is 5.73 Å². The summed E-state index contributed by atoms with van der Waals surface area (Å²) >= 11 is 5.93. The monoisotopic (exact) mass is 293 g/mol. The molecule has 2 aromatic rings. The van der Waals surface area contributed by atoms with E-state index in [1.807, 2.05) is 11.9 Å². The fourth-order valence-corrected chi connectivity index (χ4v) is 2.96. The second kappa shape index (κ2) is 4.86. The zero-order valence-corrected chi connectivity index (χ0v) is 11.9. The standard InChI is InChI=1S/C13H16ClN5O/c1-18-7-9(14)4-11(18)13(20)19-3-2-8(6-19)12-10(15)5-16-17-12/h4-5,7-8H,2-3,6,15H2,1H3,(H,16,17). The quantitative estimate of drug-likeness (QED) is 0.883. The van der Waals surface area contributed by atoms with E-state index in [-0.39, 0.29) is 11.8 Å². The first-order chi connectivity index (χ1) is 9.56. The lowest BCUT2D eigenvalue weighted by atomic mass is 10.0. The number of nitrogens with zero attached hydrogens (tertiary/aromatic N) is 3. The summed E-state index contributed by atoms with van der Waals surface area (Å²) in [4.78, 5) is 14.3. The maximum absolute atomic E-state index is 12.5. The van der Waals surface area contributed by atoms with Gasteiger partial charge in [0, 0.05) is 32.3 Å². The molecule has 3 rings (SSSR count). The van der Waals surface area contributed by atoms with Crippen LogP contribution in [0.5, 0.6) is 0 Å². The van der Waals surface area contributed by atoms with E-state index >= 15 is 0 Å². The lowest BCUT2D eigenvalue weighted by Gasteiger charge is -2.16. The molecule has 106 valence electrons. The third-order valence-corrected chi connectivity index (χ3v) is 3.98. The molecule has 1 aliphatic heterocycles. The van der Waals surface area contributed by atoms with E-state index in [0.29, 0.717) is 29.5 Å². The Balaban J connectivity index is 1.76. The van der Waals surface area contributed by atoms with Gasteiger partial charge in [0.25, 0.3) is 5.91 Å². The van der Waals surface area contributed by atoms with Gasteiger partial charge in [-0.2, -0.15) is 5.10 Å². The summed E-state index contributed by atoms with van der Waals surface area (Å²) in [5.41, 5.74) is 8.05. The third kappa shape index (κ3) is 2.16. The Bertz CT molecular complexity index is 647. The largest absolute Gasteiger partial charge is 0.396 e. The number of H-pyrrole nitrogens is 1. The van der Waals surface area contributed by atoms with Crippen LogP contribution in [0.4, 0.5) is 5.69 Å². The van der Waals surface area contributed by atoms with Crippen molar-refractivity contribution in [1.29, 1.82) is 0 Å². The predicted octanol–water partition coefficient (Wildman–Crippen LogP) is 1.61. The molecular formula is C13H16ClN5O. The van der Waals surface area contributed by atoms with Crippen LogP contribution in [0.25, 0.3) is 0 Å². The number of aromatic nitrogens is 3. The van der Waals surface area contributed by atoms with Gasteiger partial charge in [-0.15, -0.1) is 0 Å². The van der Waals surface area contributed by atoms with E-state index in [4.69, 9.17) is 17.3 Å². The van der Waals surface area contributed by atoms with Crippen molar-refractivity contribution in [2.75, 3.05) is 18.8 Å². The number of carbonyl (C=O) groups excluding carboxylic acids is 1. The number of carbonyl (C=O) groups is 1. The number of halogens is 1. The summed E-state index contributed by atoms with van der Waals surface area (Å²) < 4.78 is 1.75. The Morgan fingerprint density at radius 3 is 3.00 bits per heavy atom. The number of likely N-dealkylation sites (tertiary alicyclic amines) is 1. The maximum atomic E-state index is 12.5. The van der Waals surface area contributed by atoms with Gasteiger partial charge in [0.1, 0.15) is 5.69 Å². The molecule has 2 aromatic heterocycles. The molecule has 0 aliphatic carbocycles. The molecule has 6 nitrogen and oxygen atoms in total. The van der Waals surface area contributed by atoms with Crippen molar-refractivity contribution in [3.05, 3.63) is 34.9 Å². The fourth-order valence-electron chi connectivity index (χ4n) is 2.71. The number of rotatable bonds is 2. The predicted molar refractivity (Wildman–Crippen MR) is 76.7 cm³/mol. The molecule has 20 heavy (non-hydrogen) atoms. The van der Waals surface area contributed by atoms with Crippen LogP contribution in [0.1, 0.15) is 28.5 Å². The Morgan fingerprint density at radius 1 is 1.60 bits per heavy atom. The van der Waals surface area contributed by atoms with E-state index in [9.17, 15) is 4.79 Å². The molecular weight excluding hydrogens is 278 g/mol. The number of aromatic amines is 1. The number of nitrogen functional groups attached to an aromatic ring is 1. The van der Waals surface area contributed by atoms with Crippen molar-refractivity contribution >= 4 is 23.2 Å². The minimum Gasteiger partial charge on any atom is -0.396 e. The number of amides is 1. The van der Waals surface area contributed by atoms with Gasteiger partial charge < -0.3 is 15.2 Å². The number of aryl methyl sites for hydroxylation is 1. The third-order valence-electron chi connectivity index (χ3n) is 3.77. The van der Waals surface area contributed by atoms with Gasteiger partial charge >= 0.3 is 0 Å². The van der Waals surface area contributed by atoms with Crippen molar-refractivity contribution in [3.63, 3.8) is 0 Å². The van der Waals surface area contributed by atoms with Crippen LogP contribution in [-0.4, -0.2) is 38.7 Å². The summed E-state index contributed by atoms with van der Waals surface area (Å²) in [7, 11) is 1.82.